The Morgan fingerprint density at radius 2 is 1.96 bits per heavy atom. The monoisotopic (exact) mass is 330 g/mol. The van der Waals surface area contributed by atoms with E-state index in [0.29, 0.717) is 17.7 Å². The number of nitrogens with zero attached hydrogens (tertiary/aromatic N) is 1. The number of hydrogen-bond donors (Lipinski definition) is 3. The molecule has 3 N–H and O–H groups in total. The molecule has 126 valence electrons. The molecule has 0 bridgehead atoms. The van der Waals surface area contributed by atoms with Crippen LogP contribution in [0.3, 0.4) is 0 Å². The number of benzene rings is 1. The van der Waals surface area contributed by atoms with Crippen LogP contribution in [0.15, 0.2) is 46.0 Å². The van der Waals surface area contributed by atoms with Gasteiger partial charge in [-0.2, -0.15) is 0 Å². The maximum Gasteiger partial charge on any atom is 0.265 e. The van der Waals surface area contributed by atoms with Crippen molar-refractivity contribution in [2.24, 2.45) is 0 Å². The molecule has 0 saturated carbocycles. The standard InChI is InChI=1S/C16H18N4O4/c1-2-13(21)18-12-5-3-4-11(10-12)16(24)17-8-9-20-15(23)7-6-14(22)19-20/h3-7,10H,2,8-9H2,1H3,(H,17,24)(H,18,21)(H,19,22). The zero-order valence-corrected chi connectivity index (χ0v) is 13.2. The molecule has 1 aromatic heterocycles. The van der Waals surface area contributed by atoms with Crippen LogP contribution >= 0.6 is 0 Å². The van der Waals surface area contributed by atoms with Gasteiger partial charge in [0.2, 0.25) is 5.91 Å². The molecular weight excluding hydrogens is 312 g/mol. The van der Waals surface area contributed by atoms with Crippen LogP contribution in [0.1, 0.15) is 23.7 Å². The van der Waals surface area contributed by atoms with Gasteiger partial charge in [-0.3, -0.25) is 24.3 Å². The van der Waals surface area contributed by atoms with Crippen molar-refractivity contribution in [3.8, 4) is 0 Å². The van der Waals surface area contributed by atoms with Gasteiger partial charge in [0.05, 0.1) is 6.54 Å². The molecule has 1 heterocycles. The predicted molar refractivity (Wildman–Crippen MR) is 89.0 cm³/mol. The summed E-state index contributed by atoms with van der Waals surface area (Å²) in [6.45, 7) is 2.05. The molecule has 8 nitrogen and oxygen atoms in total. The maximum atomic E-state index is 12.1. The predicted octanol–water partition coefficient (Wildman–Crippen LogP) is 0.315. The summed E-state index contributed by atoms with van der Waals surface area (Å²) in [4.78, 5) is 46.2. The van der Waals surface area contributed by atoms with E-state index in [2.05, 4.69) is 15.7 Å². The SMILES string of the molecule is CCC(=O)Nc1cccc(C(=O)NCCn2[nH]c(=O)ccc2=O)c1. The third-order valence-corrected chi connectivity index (χ3v) is 3.24. The zero-order chi connectivity index (χ0) is 17.5. The number of nitrogens with one attached hydrogen (secondary N) is 3. The van der Waals surface area contributed by atoms with Crippen LogP contribution in [0, 0.1) is 0 Å². The van der Waals surface area contributed by atoms with Crippen molar-refractivity contribution in [2.45, 2.75) is 19.9 Å². The van der Waals surface area contributed by atoms with Gasteiger partial charge < -0.3 is 10.6 Å². The minimum Gasteiger partial charge on any atom is -0.350 e. The highest BCUT2D eigenvalue weighted by Gasteiger charge is 2.07. The minimum atomic E-state index is -0.389. The Hall–Kier alpha value is -3.16. The first kappa shape index (κ1) is 17.2. The second-order valence-corrected chi connectivity index (χ2v) is 5.04. The topological polar surface area (TPSA) is 113 Å². The van der Waals surface area contributed by atoms with Crippen LogP contribution in [0.2, 0.25) is 0 Å². The highest BCUT2D eigenvalue weighted by atomic mass is 16.2. The second-order valence-electron chi connectivity index (χ2n) is 5.04. The average molecular weight is 330 g/mol. The summed E-state index contributed by atoms with van der Waals surface area (Å²) < 4.78 is 1.13. The van der Waals surface area contributed by atoms with Crippen molar-refractivity contribution in [1.29, 1.82) is 0 Å². The first-order chi connectivity index (χ1) is 11.5. The van der Waals surface area contributed by atoms with Gasteiger partial charge in [0, 0.05) is 36.3 Å². The number of rotatable bonds is 6. The van der Waals surface area contributed by atoms with Crippen molar-refractivity contribution in [1.82, 2.24) is 15.1 Å². The highest BCUT2D eigenvalue weighted by molar-refractivity contribution is 5.97. The Morgan fingerprint density at radius 1 is 1.17 bits per heavy atom. The molecule has 2 aromatic rings. The Bertz CT molecular complexity index is 853. The number of anilines is 1. The molecule has 0 atom stereocenters. The number of H-pyrrole nitrogens is 1. The van der Waals surface area contributed by atoms with Gasteiger partial charge in [-0.1, -0.05) is 13.0 Å². The molecule has 2 rings (SSSR count). The summed E-state index contributed by atoms with van der Waals surface area (Å²) >= 11 is 0. The van der Waals surface area contributed by atoms with Gasteiger partial charge in [0.1, 0.15) is 0 Å². The quantitative estimate of drug-likeness (QED) is 0.707. The van der Waals surface area contributed by atoms with Crippen LogP contribution in [-0.2, 0) is 11.3 Å². The fourth-order valence-corrected chi connectivity index (χ4v) is 2.00. The summed E-state index contributed by atoms with van der Waals surface area (Å²) in [6, 6.07) is 8.86. The zero-order valence-electron chi connectivity index (χ0n) is 13.2. The van der Waals surface area contributed by atoms with E-state index in [1.54, 1.807) is 31.2 Å². The third kappa shape index (κ3) is 4.67. The largest absolute Gasteiger partial charge is 0.350 e. The Balaban J connectivity index is 1.96. The van der Waals surface area contributed by atoms with Crippen LogP contribution in [0.25, 0.3) is 0 Å². The van der Waals surface area contributed by atoms with E-state index in [0.717, 1.165) is 10.7 Å². The number of carbonyl (C=O) groups is 2. The number of amides is 2. The lowest BCUT2D eigenvalue weighted by Crippen LogP contribution is -2.34. The Labute approximate surface area is 137 Å². The fraction of sp³-hybridized carbons (Fsp3) is 0.250. The first-order valence-electron chi connectivity index (χ1n) is 7.48. The van der Waals surface area contributed by atoms with E-state index in [1.165, 1.54) is 6.07 Å². The van der Waals surface area contributed by atoms with Gasteiger partial charge in [-0.15, -0.1) is 0 Å². The first-order valence-corrected chi connectivity index (χ1v) is 7.48. The summed E-state index contributed by atoms with van der Waals surface area (Å²) in [5, 5.41) is 7.71. The molecule has 1 aromatic carbocycles. The summed E-state index contributed by atoms with van der Waals surface area (Å²) in [5.41, 5.74) is 0.185. The van der Waals surface area contributed by atoms with E-state index >= 15 is 0 Å². The van der Waals surface area contributed by atoms with E-state index in [-0.39, 0.29) is 36.0 Å². The van der Waals surface area contributed by atoms with Crippen molar-refractivity contribution in [3.63, 3.8) is 0 Å². The molecule has 0 spiro atoms. The molecule has 8 heteroatoms. The third-order valence-electron chi connectivity index (χ3n) is 3.24. The van der Waals surface area contributed by atoms with E-state index in [4.69, 9.17) is 0 Å². The van der Waals surface area contributed by atoms with Crippen LogP contribution in [0.4, 0.5) is 5.69 Å². The molecule has 0 radical (unpaired) electrons. The summed E-state index contributed by atoms with van der Waals surface area (Å²) in [6.07, 6.45) is 0.348. The molecule has 0 aliphatic carbocycles. The van der Waals surface area contributed by atoms with Gasteiger partial charge in [-0.05, 0) is 18.2 Å². The van der Waals surface area contributed by atoms with Gasteiger partial charge >= 0.3 is 0 Å². The van der Waals surface area contributed by atoms with Crippen molar-refractivity contribution in [2.75, 3.05) is 11.9 Å². The molecule has 0 saturated heterocycles. The van der Waals surface area contributed by atoms with Crippen molar-refractivity contribution < 1.29 is 9.59 Å². The number of aromatic amines is 1. The molecule has 0 aliphatic rings. The highest BCUT2D eigenvalue weighted by Crippen LogP contribution is 2.10. The molecule has 24 heavy (non-hydrogen) atoms. The maximum absolute atomic E-state index is 12.1. The van der Waals surface area contributed by atoms with Gasteiger partial charge in [0.15, 0.2) is 0 Å². The average Bonchev–Trinajstić information content (AvgIpc) is 2.58. The Morgan fingerprint density at radius 3 is 2.71 bits per heavy atom. The molecule has 0 fully saturated rings. The van der Waals surface area contributed by atoms with Gasteiger partial charge in [0.25, 0.3) is 17.0 Å². The number of hydrogen-bond acceptors (Lipinski definition) is 4. The molecule has 2 amide bonds. The van der Waals surface area contributed by atoms with Crippen molar-refractivity contribution in [3.05, 3.63) is 62.7 Å². The van der Waals surface area contributed by atoms with Crippen molar-refractivity contribution >= 4 is 17.5 Å². The second kappa shape index (κ2) is 7.91. The lowest BCUT2D eigenvalue weighted by molar-refractivity contribution is -0.115. The summed E-state index contributed by atoms with van der Waals surface area (Å²) in [5.74, 6) is -0.478. The van der Waals surface area contributed by atoms with Crippen LogP contribution in [-0.4, -0.2) is 28.1 Å². The normalized spacial score (nSPS) is 10.2. The fourth-order valence-electron chi connectivity index (χ4n) is 2.00. The lowest BCUT2D eigenvalue weighted by Gasteiger charge is -2.09. The molecule has 0 unspecified atom stereocenters. The van der Waals surface area contributed by atoms with Crippen LogP contribution < -0.4 is 21.8 Å². The molecular formula is C16H18N4O4. The van der Waals surface area contributed by atoms with E-state index < -0.39 is 0 Å². The smallest absolute Gasteiger partial charge is 0.265 e. The lowest BCUT2D eigenvalue weighted by atomic mass is 10.2. The summed E-state index contributed by atoms with van der Waals surface area (Å²) in [7, 11) is 0. The van der Waals surface area contributed by atoms with Gasteiger partial charge in [-0.25, -0.2) is 4.68 Å². The van der Waals surface area contributed by atoms with E-state index in [1.807, 2.05) is 0 Å². The molecule has 0 aliphatic heterocycles. The van der Waals surface area contributed by atoms with E-state index in [9.17, 15) is 19.2 Å². The van der Waals surface area contributed by atoms with Crippen LogP contribution in [0.5, 0.6) is 0 Å². The minimum absolute atomic E-state index is 0.139. The Kier molecular flexibility index (Phi) is 5.67. The number of carbonyl (C=O) groups excluding carboxylic acids is 2. The number of aromatic nitrogens is 2.